The number of aryl methyl sites for hydroxylation is 2. The molecule has 5 heteroatoms. The van der Waals surface area contributed by atoms with E-state index in [-0.39, 0.29) is 12.4 Å². The Balaban J connectivity index is 0.00000341. The molecule has 2 aromatic carbocycles. The first-order valence-electron chi connectivity index (χ1n) is 10.4. The molecule has 31 heavy (non-hydrogen) atoms. The number of hydrogen-bond acceptors (Lipinski definition) is 3. The van der Waals surface area contributed by atoms with Crippen LogP contribution in [0.1, 0.15) is 52.2 Å². The smallest absolute Gasteiger partial charge is 0.335 e. The van der Waals surface area contributed by atoms with Crippen molar-refractivity contribution in [2.45, 2.75) is 47.6 Å². The van der Waals surface area contributed by atoms with Gasteiger partial charge >= 0.3 is 5.97 Å². The summed E-state index contributed by atoms with van der Waals surface area (Å²) in [4.78, 5) is 16.7. The highest BCUT2D eigenvalue weighted by molar-refractivity contribution is 5.92. The highest BCUT2D eigenvalue weighted by atomic mass is 35.5. The van der Waals surface area contributed by atoms with Crippen molar-refractivity contribution >= 4 is 18.4 Å². The number of aromatic nitrogens is 1. The van der Waals surface area contributed by atoms with Crippen molar-refractivity contribution in [2.24, 2.45) is 11.7 Å². The van der Waals surface area contributed by atoms with Gasteiger partial charge in [-0.1, -0.05) is 49.7 Å². The molecule has 0 amide bonds. The zero-order valence-corrected chi connectivity index (χ0v) is 19.6. The Morgan fingerprint density at radius 3 is 2.26 bits per heavy atom. The fourth-order valence-electron chi connectivity index (χ4n) is 4.00. The van der Waals surface area contributed by atoms with E-state index < -0.39 is 5.97 Å². The number of nitrogens with zero attached hydrogens (tertiary/aromatic N) is 1. The maximum absolute atomic E-state index is 11.7. The number of carbonyl (C=O) groups is 1. The number of carboxylic acids is 1. The summed E-state index contributed by atoms with van der Waals surface area (Å²) in [6.45, 7) is 10.7. The van der Waals surface area contributed by atoms with Crippen LogP contribution in [-0.2, 0) is 13.0 Å². The summed E-state index contributed by atoms with van der Waals surface area (Å²) in [7, 11) is 0. The molecule has 0 aliphatic carbocycles. The Hall–Kier alpha value is -2.69. The highest BCUT2D eigenvalue weighted by Gasteiger charge is 2.19. The first-order valence-corrected chi connectivity index (χ1v) is 10.4. The van der Waals surface area contributed by atoms with Gasteiger partial charge in [-0.05, 0) is 73.1 Å². The minimum absolute atomic E-state index is 0. The fourth-order valence-corrected chi connectivity index (χ4v) is 4.00. The molecule has 0 unspecified atom stereocenters. The van der Waals surface area contributed by atoms with Crippen LogP contribution >= 0.6 is 12.4 Å². The average Bonchev–Trinajstić information content (AvgIpc) is 2.67. The van der Waals surface area contributed by atoms with Crippen LogP contribution in [-0.4, -0.2) is 16.1 Å². The van der Waals surface area contributed by atoms with Crippen LogP contribution in [0.25, 0.3) is 22.4 Å². The molecule has 0 radical (unpaired) electrons. The quantitative estimate of drug-likeness (QED) is 0.486. The summed E-state index contributed by atoms with van der Waals surface area (Å²) in [6.07, 6.45) is 0.815. The van der Waals surface area contributed by atoms with Crippen LogP contribution in [0.3, 0.4) is 0 Å². The molecular formula is C26H31ClN2O2. The molecule has 0 spiro atoms. The number of halogens is 1. The lowest BCUT2D eigenvalue weighted by Crippen LogP contribution is -2.11. The third-order valence-corrected chi connectivity index (χ3v) is 5.54. The number of carboxylic acid groups (broad SMARTS) is 1. The first-order chi connectivity index (χ1) is 14.2. The van der Waals surface area contributed by atoms with Gasteiger partial charge < -0.3 is 10.8 Å². The second-order valence-electron chi connectivity index (χ2n) is 8.38. The number of pyridine rings is 1. The molecule has 0 atom stereocenters. The van der Waals surface area contributed by atoms with E-state index in [9.17, 15) is 9.90 Å². The Bertz CT molecular complexity index is 1090. The summed E-state index contributed by atoms with van der Waals surface area (Å²) in [5, 5.41) is 9.61. The highest BCUT2D eigenvalue weighted by Crippen LogP contribution is 2.35. The van der Waals surface area contributed by atoms with Gasteiger partial charge in [-0.2, -0.15) is 0 Å². The molecule has 0 aliphatic heterocycles. The first kappa shape index (κ1) is 24.6. The van der Waals surface area contributed by atoms with E-state index in [1.807, 2.05) is 19.9 Å². The largest absolute Gasteiger partial charge is 0.478 e. The minimum atomic E-state index is -0.923. The van der Waals surface area contributed by atoms with Crippen LogP contribution in [0.4, 0.5) is 0 Å². The normalized spacial score (nSPS) is 10.8. The minimum Gasteiger partial charge on any atom is -0.478 e. The van der Waals surface area contributed by atoms with Crippen molar-refractivity contribution in [1.82, 2.24) is 4.98 Å². The van der Waals surface area contributed by atoms with Gasteiger partial charge in [0.05, 0.1) is 11.3 Å². The predicted octanol–water partition coefficient (Wildman–Crippen LogP) is 6.12. The summed E-state index contributed by atoms with van der Waals surface area (Å²) in [5.74, 6) is -0.495. The zero-order chi connectivity index (χ0) is 22.0. The van der Waals surface area contributed by atoms with Crippen molar-refractivity contribution < 1.29 is 9.90 Å². The van der Waals surface area contributed by atoms with Crippen LogP contribution in [0.5, 0.6) is 0 Å². The van der Waals surface area contributed by atoms with Gasteiger partial charge in [0.25, 0.3) is 0 Å². The SMILES string of the molecule is Cc1ccc(-c2cc(-c3c(C)ccc(C(=O)O)c3C)nc(CC(C)C)c2CN)cc1.Cl. The monoisotopic (exact) mass is 438 g/mol. The van der Waals surface area contributed by atoms with Crippen molar-refractivity contribution in [3.05, 3.63) is 76.0 Å². The van der Waals surface area contributed by atoms with E-state index in [4.69, 9.17) is 10.7 Å². The topological polar surface area (TPSA) is 76.2 Å². The Morgan fingerprint density at radius 2 is 1.71 bits per heavy atom. The zero-order valence-electron chi connectivity index (χ0n) is 18.8. The Morgan fingerprint density at radius 1 is 1.06 bits per heavy atom. The van der Waals surface area contributed by atoms with E-state index in [0.717, 1.165) is 51.2 Å². The third kappa shape index (κ3) is 5.15. The maximum atomic E-state index is 11.7. The van der Waals surface area contributed by atoms with Gasteiger partial charge in [0.15, 0.2) is 0 Å². The van der Waals surface area contributed by atoms with Gasteiger partial charge in [0.1, 0.15) is 0 Å². The molecule has 3 N–H and O–H groups in total. The lowest BCUT2D eigenvalue weighted by atomic mass is 9.90. The number of benzene rings is 2. The van der Waals surface area contributed by atoms with Crippen LogP contribution in [0.15, 0.2) is 42.5 Å². The molecular weight excluding hydrogens is 408 g/mol. The fraction of sp³-hybridized carbons (Fsp3) is 0.308. The molecule has 3 aromatic rings. The summed E-state index contributed by atoms with van der Waals surface area (Å²) < 4.78 is 0. The number of hydrogen-bond donors (Lipinski definition) is 2. The maximum Gasteiger partial charge on any atom is 0.335 e. The molecule has 1 aromatic heterocycles. The van der Waals surface area contributed by atoms with Gasteiger partial charge in [-0.25, -0.2) is 4.79 Å². The molecule has 0 fully saturated rings. The number of aromatic carboxylic acids is 1. The summed E-state index contributed by atoms with van der Waals surface area (Å²) in [6, 6.07) is 14.0. The van der Waals surface area contributed by atoms with Gasteiger partial charge in [-0.3, -0.25) is 4.98 Å². The van der Waals surface area contributed by atoms with E-state index in [2.05, 4.69) is 51.1 Å². The van der Waals surface area contributed by atoms with Gasteiger partial charge in [0.2, 0.25) is 0 Å². The molecule has 0 aliphatic rings. The van der Waals surface area contributed by atoms with Gasteiger partial charge in [0, 0.05) is 17.8 Å². The van der Waals surface area contributed by atoms with E-state index >= 15 is 0 Å². The Kier molecular flexibility index (Phi) is 7.99. The van der Waals surface area contributed by atoms with Crippen LogP contribution < -0.4 is 5.73 Å². The molecule has 1 heterocycles. The average molecular weight is 439 g/mol. The van der Waals surface area contributed by atoms with Crippen LogP contribution in [0, 0.1) is 26.7 Å². The molecule has 0 saturated heterocycles. The lowest BCUT2D eigenvalue weighted by Gasteiger charge is -2.19. The van der Waals surface area contributed by atoms with Crippen molar-refractivity contribution in [2.75, 3.05) is 0 Å². The number of nitrogens with two attached hydrogens (primary N) is 1. The van der Waals surface area contributed by atoms with E-state index in [1.165, 1.54) is 5.56 Å². The molecule has 3 rings (SSSR count). The number of rotatable bonds is 6. The van der Waals surface area contributed by atoms with Crippen molar-refractivity contribution in [3.8, 4) is 22.4 Å². The second kappa shape index (κ2) is 10.1. The standard InChI is InChI=1S/C26H30N2O2.ClH/c1-15(2)12-23-22(14-27)21(19-9-6-16(3)7-10-19)13-24(28-23)25-17(4)8-11-20(18(25)5)26(29)30;/h6-11,13,15H,12,14,27H2,1-5H3,(H,29,30);1H. The predicted molar refractivity (Wildman–Crippen MR) is 130 cm³/mol. The summed E-state index contributed by atoms with van der Waals surface area (Å²) in [5.41, 5.74) is 15.3. The summed E-state index contributed by atoms with van der Waals surface area (Å²) >= 11 is 0. The van der Waals surface area contributed by atoms with Crippen LogP contribution in [0.2, 0.25) is 0 Å². The molecule has 4 nitrogen and oxygen atoms in total. The van der Waals surface area contributed by atoms with E-state index in [1.54, 1.807) is 6.07 Å². The lowest BCUT2D eigenvalue weighted by molar-refractivity contribution is 0.0696. The second-order valence-corrected chi connectivity index (χ2v) is 8.38. The van der Waals surface area contributed by atoms with E-state index in [0.29, 0.717) is 18.0 Å². The third-order valence-electron chi connectivity index (χ3n) is 5.54. The van der Waals surface area contributed by atoms with Crippen molar-refractivity contribution in [3.63, 3.8) is 0 Å². The van der Waals surface area contributed by atoms with Gasteiger partial charge in [-0.15, -0.1) is 12.4 Å². The molecule has 164 valence electrons. The van der Waals surface area contributed by atoms with Crippen molar-refractivity contribution in [1.29, 1.82) is 0 Å². The molecule has 0 bridgehead atoms. The Labute approximate surface area is 190 Å². The molecule has 0 saturated carbocycles.